The van der Waals surface area contributed by atoms with Gasteiger partial charge in [-0.15, -0.1) is 11.8 Å². The van der Waals surface area contributed by atoms with E-state index in [2.05, 4.69) is 61.5 Å². The van der Waals surface area contributed by atoms with E-state index in [0.29, 0.717) is 18.0 Å². The van der Waals surface area contributed by atoms with Crippen LogP contribution in [0.2, 0.25) is 0 Å². The third kappa shape index (κ3) is 3.01. The lowest BCUT2D eigenvalue weighted by atomic mass is 9.99. The number of nitrogens with one attached hydrogen (secondary N) is 1. The first-order valence-electron chi connectivity index (χ1n) is 6.76. The predicted octanol–water partition coefficient (Wildman–Crippen LogP) is 3.23. The summed E-state index contributed by atoms with van der Waals surface area (Å²) in [4.78, 5) is 3.87. The molecule has 0 aliphatic carbocycles. The molecule has 3 heteroatoms. The van der Waals surface area contributed by atoms with Crippen molar-refractivity contribution in [1.29, 1.82) is 0 Å². The smallest absolute Gasteiger partial charge is 0.0387 e. The molecule has 0 spiro atoms. The molecule has 0 radical (unpaired) electrons. The molecule has 2 rings (SSSR count). The van der Waals surface area contributed by atoms with Gasteiger partial charge in [-0.25, -0.2) is 0 Å². The van der Waals surface area contributed by atoms with Gasteiger partial charge < -0.3 is 10.2 Å². The number of piperazine rings is 1. The lowest BCUT2D eigenvalue weighted by molar-refractivity contribution is 0.337. The standard InChI is InChI=1S/C15H24N2S/c1-11(2)15-10-17(12(3)9-16-15)13-5-7-14(18-4)8-6-13/h5-8,11-12,15-16H,9-10H2,1-4H3. The molecule has 1 aromatic carbocycles. The maximum atomic E-state index is 3.64. The van der Waals surface area contributed by atoms with E-state index in [9.17, 15) is 0 Å². The van der Waals surface area contributed by atoms with Gasteiger partial charge in [-0.3, -0.25) is 0 Å². The second kappa shape index (κ2) is 5.98. The quantitative estimate of drug-likeness (QED) is 0.844. The molecule has 0 amide bonds. The van der Waals surface area contributed by atoms with Crippen molar-refractivity contribution >= 4 is 17.4 Å². The molecule has 1 aromatic rings. The van der Waals surface area contributed by atoms with Crippen LogP contribution in [0.1, 0.15) is 20.8 Å². The first kappa shape index (κ1) is 13.8. The van der Waals surface area contributed by atoms with Gasteiger partial charge in [0.05, 0.1) is 0 Å². The van der Waals surface area contributed by atoms with Crippen LogP contribution in [-0.2, 0) is 0 Å². The molecule has 1 aliphatic rings. The highest BCUT2D eigenvalue weighted by Crippen LogP contribution is 2.24. The molecule has 0 saturated carbocycles. The van der Waals surface area contributed by atoms with Gasteiger partial charge in [-0.2, -0.15) is 0 Å². The van der Waals surface area contributed by atoms with Crippen molar-refractivity contribution in [2.24, 2.45) is 5.92 Å². The molecule has 2 nitrogen and oxygen atoms in total. The van der Waals surface area contributed by atoms with Crippen molar-refractivity contribution in [3.63, 3.8) is 0 Å². The number of anilines is 1. The summed E-state index contributed by atoms with van der Waals surface area (Å²) in [5.41, 5.74) is 1.35. The zero-order valence-corrected chi connectivity index (χ0v) is 12.6. The average molecular weight is 264 g/mol. The average Bonchev–Trinajstić information content (AvgIpc) is 2.39. The van der Waals surface area contributed by atoms with Crippen molar-refractivity contribution in [2.45, 2.75) is 37.8 Å². The molecule has 0 aromatic heterocycles. The minimum atomic E-state index is 0.570. The first-order valence-corrected chi connectivity index (χ1v) is 7.98. The van der Waals surface area contributed by atoms with Crippen molar-refractivity contribution in [3.8, 4) is 0 Å². The molecule has 1 aliphatic heterocycles. The zero-order valence-electron chi connectivity index (χ0n) is 11.8. The van der Waals surface area contributed by atoms with Crippen LogP contribution in [0.25, 0.3) is 0 Å². The van der Waals surface area contributed by atoms with Crippen LogP contribution in [0, 0.1) is 5.92 Å². The van der Waals surface area contributed by atoms with E-state index in [1.54, 1.807) is 11.8 Å². The van der Waals surface area contributed by atoms with E-state index in [1.165, 1.54) is 10.6 Å². The molecule has 1 fully saturated rings. The number of hydrogen-bond donors (Lipinski definition) is 1. The van der Waals surface area contributed by atoms with E-state index in [1.807, 2.05) is 0 Å². The Kier molecular flexibility index (Phi) is 4.57. The van der Waals surface area contributed by atoms with E-state index < -0.39 is 0 Å². The van der Waals surface area contributed by atoms with Gasteiger partial charge in [0.15, 0.2) is 0 Å². The fourth-order valence-electron chi connectivity index (χ4n) is 2.47. The van der Waals surface area contributed by atoms with Gasteiger partial charge in [0, 0.05) is 35.8 Å². The van der Waals surface area contributed by atoms with Crippen LogP contribution in [0.5, 0.6) is 0 Å². The van der Waals surface area contributed by atoms with Gasteiger partial charge in [-0.1, -0.05) is 13.8 Å². The molecular formula is C15H24N2S. The monoisotopic (exact) mass is 264 g/mol. The summed E-state index contributed by atoms with van der Waals surface area (Å²) in [6, 6.07) is 10.1. The summed E-state index contributed by atoms with van der Waals surface area (Å²) in [5.74, 6) is 0.686. The van der Waals surface area contributed by atoms with E-state index >= 15 is 0 Å². The molecule has 18 heavy (non-hydrogen) atoms. The molecule has 0 bridgehead atoms. The number of thioether (sulfide) groups is 1. The maximum Gasteiger partial charge on any atom is 0.0387 e. The molecule has 2 atom stereocenters. The van der Waals surface area contributed by atoms with Crippen molar-refractivity contribution < 1.29 is 0 Å². The zero-order chi connectivity index (χ0) is 13.1. The minimum Gasteiger partial charge on any atom is -0.366 e. The second-order valence-corrected chi connectivity index (χ2v) is 6.34. The van der Waals surface area contributed by atoms with Crippen molar-refractivity contribution in [1.82, 2.24) is 5.32 Å². The predicted molar refractivity (Wildman–Crippen MR) is 81.7 cm³/mol. The maximum absolute atomic E-state index is 3.64. The highest BCUT2D eigenvalue weighted by molar-refractivity contribution is 7.98. The van der Waals surface area contributed by atoms with E-state index in [0.717, 1.165) is 13.1 Å². The second-order valence-electron chi connectivity index (χ2n) is 5.46. The summed E-state index contributed by atoms with van der Waals surface area (Å²) < 4.78 is 0. The normalized spacial score (nSPS) is 24.6. The first-order chi connectivity index (χ1) is 8.61. The largest absolute Gasteiger partial charge is 0.366 e. The van der Waals surface area contributed by atoms with Crippen molar-refractivity contribution in [3.05, 3.63) is 24.3 Å². The number of nitrogens with zero attached hydrogens (tertiary/aromatic N) is 1. The van der Waals surface area contributed by atoms with Crippen LogP contribution in [0.3, 0.4) is 0 Å². The molecule has 1 heterocycles. The van der Waals surface area contributed by atoms with Crippen LogP contribution < -0.4 is 10.2 Å². The number of hydrogen-bond acceptors (Lipinski definition) is 3. The van der Waals surface area contributed by atoms with Gasteiger partial charge in [0.1, 0.15) is 0 Å². The lowest BCUT2D eigenvalue weighted by Gasteiger charge is -2.42. The Bertz CT molecular complexity index is 375. The van der Waals surface area contributed by atoms with Crippen LogP contribution in [-0.4, -0.2) is 31.4 Å². The van der Waals surface area contributed by atoms with Crippen LogP contribution in [0.4, 0.5) is 5.69 Å². The Labute approximate surface area is 115 Å². The highest BCUT2D eigenvalue weighted by atomic mass is 32.2. The number of rotatable bonds is 3. The summed E-state index contributed by atoms with van der Waals surface area (Å²) in [6.07, 6.45) is 2.12. The SMILES string of the molecule is CSc1ccc(N2CC(C(C)C)NCC2C)cc1. The lowest BCUT2D eigenvalue weighted by Crippen LogP contribution is -2.57. The summed E-state index contributed by atoms with van der Waals surface area (Å²) in [6.45, 7) is 9.07. The highest BCUT2D eigenvalue weighted by Gasteiger charge is 2.26. The van der Waals surface area contributed by atoms with Gasteiger partial charge in [0.2, 0.25) is 0 Å². The van der Waals surface area contributed by atoms with Gasteiger partial charge >= 0.3 is 0 Å². The fraction of sp³-hybridized carbons (Fsp3) is 0.600. The number of benzene rings is 1. The van der Waals surface area contributed by atoms with Gasteiger partial charge in [0.25, 0.3) is 0 Å². The third-order valence-corrected chi connectivity index (χ3v) is 4.55. The fourth-order valence-corrected chi connectivity index (χ4v) is 2.88. The Morgan fingerprint density at radius 3 is 2.50 bits per heavy atom. The van der Waals surface area contributed by atoms with E-state index in [4.69, 9.17) is 0 Å². The summed E-state index contributed by atoms with van der Waals surface area (Å²) in [7, 11) is 0. The Hall–Kier alpha value is -0.670. The Morgan fingerprint density at radius 2 is 1.94 bits per heavy atom. The molecular weight excluding hydrogens is 240 g/mol. The summed E-state index contributed by atoms with van der Waals surface area (Å²) in [5, 5.41) is 3.64. The molecule has 1 saturated heterocycles. The topological polar surface area (TPSA) is 15.3 Å². The van der Waals surface area contributed by atoms with Gasteiger partial charge in [-0.05, 0) is 43.4 Å². The van der Waals surface area contributed by atoms with Crippen molar-refractivity contribution in [2.75, 3.05) is 24.2 Å². The molecule has 1 N–H and O–H groups in total. The third-order valence-electron chi connectivity index (χ3n) is 3.81. The Morgan fingerprint density at radius 1 is 1.28 bits per heavy atom. The summed E-state index contributed by atoms with van der Waals surface area (Å²) >= 11 is 1.80. The van der Waals surface area contributed by atoms with E-state index in [-0.39, 0.29) is 0 Å². The minimum absolute atomic E-state index is 0.570. The molecule has 2 unspecified atom stereocenters. The van der Waals surface area contributed by atoms with Crippen LogP contribution in [0.15, 0.2) is 29.2 Å². The van der Waals surface area contributed by atoms with Crippen LogP contribution >= 0.6 is 11.8 Å². The molecule has 100 valence electrons. The Balaban J connectivity index is 2.13.